The highest BCUT2D eigenvalue weighted by atomic mass is 16.5. The molecule has 0 spiro atoms. The van der Waals surface area contributed by atoms with Crippen molar-refractivity contribution in [2.24, 2.45) is 0 Å². The first kappa shape index (κ1) is 13.6. The summed E-state index contributed by atoms with van der Waals surface area (Å²) in [4.78, 5) is 9.01. The summed E-state index contributed by atoms with van der Waals surface area (Å²) in [5.41, 5.74) is 8.62. The normalized spacial score (nSPS) is 13.6. The van der Waals surface area contributed by atoms with Crippen LogP contribution in [0.25, 0.3) is 11.4 Å². The molecular weight excluding hydrogens is 270 g/mol. The Bertz CT molecular complexity index is 673. The number of rotatable bonds is 3. The fraction of sp³-hybridized carbons (Fsp3) is 0.333. The number of methoxy groups -OCH3 is 2. The number of benzene rings is 1. The van der Waals surface area contributed by atoms with Crippen LogP contribution in [0.3, 0.4) is 0 Å². The number of hydrogen-bond donors (Lipinski definition) is 1. The van der Waals surface area contributed by atoms with Gasteiger partial charge in [-0.15, -0.1) is 0 Å². The van der Waals surface area contributed by atoms with Crippen LogP contribution in [0, 0.1) is 0 Å². The second-order valence-corrected chi connectivity index (χ2v) is 4.73. The molecule has 0 saturated carbocycles. The lowest BCUT2D eigenvalue weighted by Crippen LogP contribution is -2.16. The SMILES string of the molecule is COc1ccc(OC)c(-c2nc(N)c3c(n2)CCOC3)c1. The van der Waals surface area contributed by atoms with E-state index in [1.807, 2.05) is 18.2 Å². The van der Waals surface area contributed by atoms with Gasteiger partial charge in [0, 0.05) is 12.0 Å². The number of nitrogens with two attached hydrogens (primary N) is 1. The number of fused-ring (bicyclic) bond motifs is 1. The zero-order valence-corrected chi connectivity index (χ0v) is 12.0. The lowest BCUT2D eigenvalue weighted by atomic mass is 10.1. The van der Waals surface area contributed by atoms with Crippen molar-refractivity contribution in [3.63, 3.8) is 0 Å². The molecular formula is C15H17N3O3. The Hall–Kier alpha value is -2.34. The van der Waals surface area contributed by atoms with Crippen molar-refractivity contribution in [3.05, 3.63) is 29.5 Å². The van der Waals surface area contributed by atoms with Crippen LogP contribution in [0.5, 0.6) is 11.5 Å². The average molecular weight is 287 g/mol. The molecule has 6 heteroatoms. The molecule has 2 heterocycles. The summed E-state index contributed by atoms with van der Waals surface area (Å²) in [6, 6.07) is 5.51. The van der Waals surface area contributed by atoms with Crippen molar-refractivity contribution in [2.45, 2.75) is 13.0 Å². The molecule has 1 aliphatic heterocycles. The van der Waals surface area contributed by atoms with Crippen LogP contribution < -0.4 is 15.2 Å². The largest absolute Gasteiger partial charge is 0.497 e. The molecule has 0 bridgehead atoms. The molecule has 2 aromatic rings. The molecule has 1 aliphatic rings. The van der Waals surface area contributed by atoms with Crippen molar-refractivity contribution in [1.29, 1.82) is 0 Å². The molecule has 110 valence electrons. The zero-order valence-electron chi connectivity index (χ0n) is 12.0. The van der Waals surface area contributed by atoms with E-state index < -0.39 is 0 Å². The number of anilines is 1. The molecule has 1 aromatic heterocycles. The fourth-order valence-corrected chi connectivity index (χ4v) is 2.37. The molecule has 3 rings (SSSR count). The minimum absolute atomic E-state index is 0.458. The molecule has 6 nitrogen and oxygen atoms in total. The van der Waals surface area contributed by atoms with E-state index in [1.54, 1.807) is 14.2 Å². The number of nitrogen functional groups attached to an aromatic ring is 1. The molecule has 0 radical (unpaired) electrons. The predicted octanol–water partition coefficient (Wildman–Crippen LogP) is 1.82. The average Bonchev–Trinajstić information content (AvgIpc) is 2.54. The molecule has 1 aromatic carbocycles. The summed E-state index contributed by atoms with van der Waals surface area (Å²) in [6.07, 6.45) is 0.737. The topological polar surface area (TPSA) is 79.5 Å². The van der Waals surface area contributed by atoms with Crippen molar-refractivity contribution >= 4 is 5.82 Å². The predicted molar refractivity (Wildman–Crippen MR) is 78.3 cm³/mol. The van der Waals surface area contributed by atoms with Gasteiger partial charge in [-0.25, -0.2) is 9.97 Å². The minimum atomic E-state index is 0.458. The lowest BCUT2D eigenvalue weighted by Gasteiger charge is -2.18. The highest BCUT2D eigenvalue weighted by Crippen LogP contribution is 2.33. The monoisotopic (exact) mass is 287 g/mol. The van der Waals surface area contributed by atoms with E-state index in [-0.39, 0.29) is 0 Å². The first-order chi connectivity index (χ1) is 10.2. The molecule has 0 aliphatic carbocycles. The van der Waals surface area contributed by atoms with Crippen LogP contribution in [-0.4, -0.2) is 30.8 Å². The number of nitrogens with zero attached hydrogens (tertiary/aromatic N) is 2. The molecule has 0 unspecified atom stereocenters. The van der Waals surface area contributed by atoms with Gasteiger partial charge in [-0.1, -0.05) is 0 Å². The lowest BCUT2D eigenvalue weighted by molar-refractivity contribution is 0.109. The van der Waals surface area contributed by atoms with Gasteiger partial charge in [-0.05, 0) is 18.2 Å². The Kier molecular flexibility index (Phi) is 3.62. The van der Waals surface area contributed by atoms with Gasteiger partial charge in [-0.3, -0.25) is 0 Å². The second-order valence-electron chi connectivity index (χ2n) is 4.73. The molecule has 2 N–H and O–H groups in total. The Labute approximate surface area is 122 Å². The van der Waals surface area contributed by atoms with Gasteiger partial charge in [0.2, 0.25) is 0 Å². The van der Waals surface area contributed by atoms with Crippen LogP contribution in [0.15, 0.2) is 18.2 Å². The maximum atomic E-state index is 6.04. The van der Waals surface area contributed by atoms with Gasteiger partial charge in [0.25, 0.3) is 0 Å². The Balaban J connectivity index is 2.14. The van der Waals surface area contributed by atoms with Crippen molar-refractivity contribution in [1.82, 2.24) is 9.97 Å². The second kappa shape index (κ2) is 5.57. The molecule has 0 atom stereocenters. The highest BCUT2D eigenvalue weighted by molar-refractivity contribution is 5.68. The third-order valence-electron chi connectivity index (χ3n) is 3.50. The molecule has 0 saturated heterocycles. The minimum Gasteiger partial charge on any atom is -0.497 e. The van der Waals surface area contributed by atoms with Crippen molar-refractivity contribution in [2.75, 3.05) is 26.6 Å². The van der Waals surface area contributed by atoms with Crippen LogP contribution in [0.1, 0.15) is 11.3 Å². The van der Waals surface area contributed by atoms with Crippen LogP contribution in [0.2, 0.25) is 0 Å². The number of hydrogen-bond acceptors (Lipinski definition) is 6. The summed E-state index contributed by atoms with van der Waals surface area (Å²) in [5, 5.41) is 0. The van der Waals surface area contributed by atoms with Crippen LogP contribution in [0.4, 0.5) is 5.82 Å². The Morgan fingerprint density at radius 1 is 1.19 bits per heavy atom. The number of ether oxygens (including phenoxy) is 3. The van der Waals surface area contributed by atoms with Crippen molar-refractivity contribution < 1.29 is 14.2 Å². The summed E-state index contributed by atoms with van der Waals surface area (Å²) in [7, 11) is 3.23. The van der Waals surface area contributed by atoms with Gasteiger partial charge in [0.1, 0.15) is 17.3 Å². The van der Waals surface area contributed by atoms with Crippen LogP contribution in [-0.2, 0) is 17.8 Å². The van der Waals surface area contributed by atoms with E-state index in [4.69, 9.17) is 19.9 Å². The maximum absolute atomic E-state index is 6.04. The fourth-order valence-electron chi connectivity index (χ4n) is 2.37. The van der Waals surface area contributed by atoms with Crippen LogP contribution >= 0.6 is 0 Å². The quantitative estimate of drug-likeness (QED) is 0.927. The summed E-state index contributed by atoms with van der Waals surface area (Å²) < 4.78 is 16.0. The number of aromatic nitrogens is 2. The van der Waals surface area contributed by atoms with E-state index >= 15 is 0 Å². The highest BCUT2D eigenvalue weighted by Gasteiger charge is 2.19. The van der Waals surface area contributed by atoms with E-state index in [1.165, 1.54) is 0 Å². The zero-order chi connectivity index (χ0) is 14.8. The molecule has 0 amide bonds. The smallest absolute Gasteiger partial charge is 0.165 e. The third kappa shape index (κ3) is 2.50. The first-order valence-corrected chi connectivity index (χ1v) is 6.68. The third-order valence-corrected chi connectivity index (χ3v) is 3.50. The summed E-state index contributed by atoms with van der Waals surface area (Å²) in [5.74, 6) is 2.40. The van der Waals surface area contributed by atoms with Gasteiger partial charge in [0.05, 0.1) is 38.7 Å². The van der Waals surface area contributed by atoms with E-state index in [2.05, 4.69) is 9.97 Å². The Morgan fingerprint density at radius 2 is 2.05 bits per heavy atom. The van der Waals surface area contributed by atoms with Gasteiger partial charge < -0.3 is 19.9 Å². The summed E-state index contributed by atoms with van der Waals surface area (Å²) >= 11 is 0. The van der Waals surface area contributed by atoms with Crippen molar-refractivity contribution in [3.8, 4) is 22.9 Å². The van der Waals surface area contributed by atoms with Gasteiger partial charge in [0.15, 0.2) is 5.82 Å². The van der Waals surface area contributed by atoms with E-state index in [0.29, 0.717) is 36.4 Å². The Morgan fingerprint density at radius 3 is 2.81 bits per heavy atom. The van der Waals surface area contributed by atoms with E-state index in [9.17, 15) is 0 Å². The molecule has 0 fully saturated rings. The maximum Gasteiger partial charge on any atom is 0.165 e. The first-order valence-electron chi connectivity index (χ1n) is 6.68. The van der Waals surface area contributed by atoms with Gasteiger partial charge >= 0.3 is 0 Å². The molecule has 21 heavy (non-hydrogen) atoms. The summed E-state index contributed by atoms with van der Waals surface area (Å²) in [6.45, 7) is 1.12. The van der Waals surface area contributed by atoms with E-state index in [0.717, 1.165) is 23.2 Å². The van der Waals surface area contributed by atoms with Gasteiger partial charge in [-0.2, -0.15) is 0 Å². The standard InChI is InChI=1S/C15H17N3O3/c1-19-9-3-4-13(20-2)10(7-9)15-17-12-5-6-21-8-11(12)14(16)18-15/h3-4,7H,5-6,8H2,1-2H3,(H2,16,17,18).